The largest absolute Gasteiger partial charge is 0.311 e. The summed E-state index contributed by atoms with van der Waals surface area (Å²) in [6, 6.07) is 14.9. The van der Waals surface area contributed by atoms with E-state index in [-0.39, 0.29) is 5.91 Å². The van der Waals surface area contributed by atoms with Crippen molar-refractivity contribution in [3.8, 4) is 0 Å². The number of amides is 1. The van der Waals surface area contributed by atoms with Crippen LogP contribution in [0.2, 0.25) is 0 Å². The minimum Gasteiger partial charge on any atom is -0.311 e. The second-order valence-electron chi connectivity index (χ2n) is 7.64. The summed E-state index contributed by atoms with van der Waals surface area (Å²) < 4.78 is 2.31. The Morgan fingerprint density at radius 2 is 1.89 bits per heavy atom. The number of anilines is 1. The molecule has 0 saturated heterocycles. The average molecular weight is 393 g/mol. The molecule has 3 aromatic rings. The van der Waals surface area contributed by atoms with Crippen LogP contribution in [0.1, 0.15) is 50.4 Å². The van der Waals surface area contributed by atoms with Gasteiger partial charge in [0.2, 0.25) is 5.91 Å². The number of thioether (sulfide) groups is 1. The Morgan fingerprint density at radius 1 is 1.11 bits per heavy atom. The molecule has 5 nitrogen and oxygen atoms in total. The van der Waals surface area contributed by atoms with Gasteiger partial charge in [-0.3, -0.25) is 4.79 Å². The normalized spacial score (nSPS) is 16.5. The lowest BCUT2D eigenvalue weighted by molar-refractivity contribution is -0.116. The number of aromatic nitrogens is 3. The van der Waals surface area contributed by atoms with E-state index in [4.69, 9.17) is 0 Å². The van der Waals surface area contributed by atoms with E-state index in [1.807, 2.05) is 36.1 Å². The SMILES string of the molecule is CCN(C(=O)CSc1nnc(C2CC2)n1C1CC1)c1cccc2ccccc12. The van der Waals surface area contributed by atoms with E-state index >= 15 is 0 Å². The number of carbonyl (C=O) groups is 1. The van der Waals surface area contributed by atoms with Crippen LogP contribution in [0.15, 0.2) is 47.6 Å². The van der Waals surface area contributed by atoms with E-state index < -0.39 is 0 Å². The number of rotatable bonds is 7. The molecular weight excluding hydrogens is 368 g/mol. The van der Waals surface area contributed by atoms with Crippen LogP contribution in [0, 0.1) is 0 Å². The fourth-order valence-electron chi connectivity index (χ4n) is 3.81. The third kappa shape index (κ3) is 3.30. The summed E-state index contributed by atoms with van der Waals surface area (Å²) in [5.74, 6) is 2.22. The topological polar surface area (TPSA) is 51.0 Å². The fourth-order valence-corrected chi connectivity index (χ4v) is 4.70. The van der Waals surface area contributed by atoms with Crippen LogP contribution in [0.5, 0.6) is 0 Å². The molecule has 1 amide bonds. The summed E-state index contributed by atoms with van der Waals surface area (Å²) in [6.45, 7) is 2.68. The van der Waals surface area contributed by atoms with Crippen molar-refractivity contribution in [1.29, 1.82) is 0 Å². The van der Waals surface area contributed by atoms with Gasteiger partial charge in [-0.1, -0.05) is 48.2 Å². The number of hydrogen-bond donors (Lipinski definition) is 0. The van der Waals surface area contributed by atoms with Gasteiger partial charge in [0.25, 0.3) is 0 Å². The molecule has 0 unspecified atom stereocenters. The summed E-state index contributed by atoms with van der Waals surface area (Å²) in [5.41, 5.74) is 0.980. The van der Waals surface area contributed by atoms with Gasteiger partial charge in [-0.25, -0.2) is 0 Å². The molecule has 5 rings (SSSR count). The highest BCUT2D eigenvalue weighted by atomic mass is 32.2. The molecule has 2 aliphatic rings. The summed E-state index contributed by atoms with van der Waals surface area (Å²) >= 11 is 1.53. The van der Waals surface area contributed by atoms with Crippen LogP contribution < -0.4 is 4.90 Å². The number of carbonyl (C=O) groups excluding carboxylic acids is 1. The summed E-state index contributed by atoms with van der Waals surface area (Å²) in [4.78, 5) is 15.0. The molecule has 2 fully saturated rings. The van der Waals surface area contributed by atoms with Crippen LogP contribution in [-0.2, 0) is 4.79 Å². The van der Waals surface area contributed by atoms with Crippen molar-refractivity contribution >= 4 is 34.1 Å². The molecule has 0 atom stereocenters. The number of nitrogens with zero attached hydrogens (tertiary/aromatic N) is 4. The molecule has 0 aliphatic heterocycles. The van der Waals surface area contributed by atoms with Gasteiger partial charge < -0.3 is 9.47 Å². The molecule has 0 bridgehead atoms. The highest BCUT2D eigenvalue weighted by Gasteiger charge is 2.36. The van der Waals surface area contributed by atoms with E-state index in [1.165, 1.54) is 37.4 Å². The molecule has 0 N–H and O–H groups in total. The smallest absolute Gasteiger partial charge is 0.237 e. The van der Waals surface area contributed by atoms with Crippen LogP contribution in [0.25, 0.3) is 10.8 Å². The van der Waals surface area contributed by atoms with Crippen molar-refractivity contribution in [3.05, 3.63) is 48.3 Å². The molecule has 6 heteroatoms. The maximum absolute atomic E-state index is 13.1. The highest BCUT2D eigenvalue weighted by Crippen LogP contribution is 2.46. The second kappa shape index (κ2) is 7.24. The zero-order chi connectivity index (χ0) is 19.1. The summed E-state index contributed by atoms with van der Waals surface area (Å²) in [5, 5.41) is 12.0. The average Bonchev–Trinajstić information content (AvgIpc) is 3.66. The van der Waals surface area contributed by atoms with Gasteiger partial charge in [0.05, 0.1) is 11.4 Å². The Hall–Kier alpha value is -2.34. The first-order valence-electron chi connectivity index (χ1n) is 10.1. The molecule has 2 aromatic carbocycles. The number of benzene rings is 2. The third-order valence-electron chi connectivity index (χ3n) is 5.54. The first kappa shape index (κ1) is 17.7. The van der Waals surface area contributed by atoms with E-state index in [1.54, 1.807) is 0 Å². The zero-order valence-electron chi connectivity index (χ0n) is 16.0. The van der Waals surface area contributed by atoms with Crippen molar-refractivity contribution in [1.82, 2.24) is 14.8 Å². The molecule has 28 heavy (non-hydrogen) atoms. The second-order valence-corrected chi connectivity index (χ2v) is 8.58. The van der Waals surface area contributed by atoms with E-state index in [0.717, 1.165) is 27.4 Å². The van der Waals surface area contributed by atoms with Gasteiger partial charge >= 0.3 is 0 Å². The van der Waals surface area contributed by atoms with Crippen molar-refractivity contribution < 1.29 is 4.79 Å². The lowest BCUT2D eigenvalue weighted by Gasteiger charge is -2.22. The minimum atomic E-state index is 0.113. The van der Waals surface area contributed by atoms with Crippen LogP contribution in [0.3, 0.4) is 0 Å². The first-order valence-corrected chi connectivity index (χ1v) is 11.1. The molecule has 2 saturated carbocycles. The minimum absolute atomic E-state index is 0.113. The van der Waals surface area contributed by atoms with Crippen molar-refractivity contribution in [3.63, 3.8) is 0 Å². The quantitative estimate of drug-likeness (QED) is 0.543. The lowest BCUT2D eigenvalue weighted by atomic mass is 10.1. The van der Waals surface area contributed by atoms with Crippen LogP contribution >= 0.6 is 11.8 Å². The van der Waals surface area contributed by atoms with Crippen LogP contribution in [-0.4, -0.2) is 33.0 Å². The van der Waals surface area contributed by atoms with Gasteiger partial charge in [-0.2, -0.15) is 0 Å². The van der Waals surface area contributed by atoms with Crippen molar-refractivity contribution in [2.24, 2.45) is 0 Å². The predicted molar refractivity (Wildman–Crippen MR) is 113 cm³/mol. The van der Waals surface area contributed by atoms with E-state index in [2.05, 4.69) is 33.0 Å². The van der Waals surface area contributed by atoms with Gasteiger partial charge in [0, 0.05) is 23.9 Å². The van der Waals surface area contributed by atoms with Crippen molar-refractivity contribution in [2.75, 3.05) is 17.2 Å². The van der Waals surface area contributed by atoms with Gasteiger partial charge in [-0.15, -0.1) is 10.2 Å². The van der Waals surface area contributed by atoms with Crippen molar-refractivity contribution in [2.45, 2.75) is 49.7 Å². The van der Waals surface area contributed by atoms with Gasteiger partial charge in [0.1, 0.15) is 5.82 Å². The van der Waals surface area contributed by atoms with Gasteiger partial charge in [0.15, 0.2) is 5.16 Å². The van der Waals surface area contributed by atoms with Crippen LogP contribution in [0.4, 0.5) is 5.69 Å². The summed E-state index contributed by atoms with van der Waals surface area (Å²) in [7, 11) is 0. The Labute approximate surface area is 169 Å². The molecule has 0 radical (unpaired) electrons. The Balaban J connectivity index is 1.36. The molecular formula is C22H24N4OS. The fraction of sp³-hybridized carbons (Fsp3) is 0.409. The molecule has 1 heterocycles. The third-order valence-corrected chi connectivity index (χ3v) is 6.47. The number of hydrogen-bond acceptors (Lipinski definition) is 4. The monoisotopic (exact) mass is 392 g/mol. The van der Waals surface area contributed by atoms with E-state index in [0.29, 0.717) is 24.3 Å². The summed E-state index contributed by atoms with van der Waals surface area (Å²) in [6.07, 6.45) is 4.85. The Bertz CT molecular complexity index is 1020. The number of fused-ring (bicyclic) bond motifs is 1. The molecule has 144 valence electrons. The highest BCUT2D eigenvalue weighted by molar-refractivity contribution is 7.99. The lowest BCUT2D eigenvalue weighted by Crippen LogP contribution is -2.32. The first-order chi connectivity index (χ1) is 13.8. The zero-order valence-corrected chi connectivity index (χ0v) is 16.9. The maximum Gasteiger partial charge on any atom is 0.237 e. The Kier molecular flexibility index (Phi) is 4.59. The molecule has 0 spiro atoms. The maximum atomic E-state index is 13.1. The molecule has 1 aromatic heterocycles. The Morgan fingerprint density at radius 3 is 2.64 bits per heavy atom. The standard InChI is InChI=1S/C22H24N4OS/c1-2-25(19-9-5-7-15-6-3-4-8-18(15)19)20(27)14-28-22-24-23-21(16-10-11-16)26(22)17-12-13-17/h3-9,16-17H,2,10-14H2,1H3. The molecule has 2 aliphatic carbocycles. The predicted octanol–water partition coefficient (Wildman–Crippen LogP) is 4.79. The van der Waals surface area contributed by atoms with E-state index in [9.17, 15) is 4.79 Å². The van der Waals surface area contributed by atoms with Gasteiger partial charge in [-0.05, 0) is 44.1 Å².